The summed E-state index contributed by atoms with van der Waals surface area (Å²) < 4.78 is 4.80. The van der Waals surface area contributed by atoms with Crippen LogP contribution in [0.5, 0.6) is 0 Å². The molecule has 0 radical (unpaired) electrons. The lowest BCUT2D eigenvalue weighted by molar-refractivity contribution is -0.384. The molecule has 0 aliphatic rings. The quantitative estimate of drug-likeness (QED) is 0.330. The molecule has 0 aromatic heterocycles. The van der Waals surface area contributed by atoms with E-state index in [1.807, 2.05) is 0 Å². The van der Waals surface area contributed by atoms with Crippen LogP contribution in [0.4, 0.5) is 5.69 Å². The molecular weight excluding hydrogens is 222 g/mol. The normalized spacial score (nSPS) is 9.94. The van der Waals surface area contributed by atoms with Crippen molar-refractivity contribution in [2.24, 2.45) is 0 Å². The third-order valence-electron chi connectivity index (χ3n) is 2.31. The summed E-state index contributed by atoms with van der Waals surface area (Å²) >= 11 is 0. The number of rotatable bonds is 6. The van der Waals surface area contributed by atoms with Crippen molar-refractivity contribution in [2.75, 3.05) is 6.61 Å². The summed E-state index contributed by atoms with van der Waals surface area (Å²) in [6, 6.07) is 6.51. The third-order valence-corrected chi connectivity index (χ3v) is 2.31. The third kappa shape index (κ3) is 5.10. The highest BCUT2D eigenvalue weighted by Crippen LogP contribution is 2.13. The Morgan fingerprint density at radius 1 is 1.29 bits per heavy atom. The van der Waals surface area contributed by atoms with Crippen LogP contribution in [0.2, 0.25) is 0 Å². The molecule has 0 amide bonds. The minimum Gasteiger partial charge on any atom is -0.466 e. The van der Waals surface area contributed by atoms with Gasteiger partial charge in [-0.1, -0.05) is 12.1 Å². The number of nitro groups is 1. The van der Waals surface area contributed by atoms with Gasteiger partial charge in [0.05, 0.1) is 11.5 Å². The number of nitro benzene ring substituents is 1. The fraction of sp³-hybridized carbons (Fsp3) is 0.417. The summed E-state index contributed by atoms with van der Waals surface area (Å²) in [6.45, 7) is 1.82. The molecule has 1 aromatic carbocycles. The maximum Gasteiger partial charge on any atom is 0.302 e. The Hall–Kier alpha value is -1.91. The van der Waals surface area contributed by atoms with Crippen LogP contribution in [0.15, 0.2) is 24.3 Å². The van der Waals surface area contributed by atoms with E-state index in [-0.39, 0.29) is 11.7 Å². The summed E-state index contributed by atoms with van der Waals surface area (Å²) in [6.07, 6.45) is 2.53. The molecule has 1 rings (SSSR count). The molecule has 0 aliphatic heterocycles. The Morgan fingerprint density at radius 3 is 2.47 bits per heavy atom. The smallest absolute Gasteiger partial charge is 0.302 e. The van der Waals surface area contributed by atoms with E-state index in [1.165, 1.54) is 19.1 Å². The molecule has 5 nitrogen and oxygen atoms in total. The largest absolute Gasteiger partial charge is 0.466 e. The van der Waals surface area contributed by atoms with E-state index in [0.717, 1.165) is 24.8 Å². The number of hydrogen-bond acceptors (Lipinski definition) is 4. The van der Waals surface area contributed by atoms with E-state index < -0.39 is 4.92 Å². The highest BCUT2D eigenvalue weighted by molar-refractivity contribution is 5.65. The Kier molecular flexibility index (Phi) is 5.13. The van der Waals surface area contributed by atoms with Gasteiger partial charge in [0.1, 0.15) is 0 Å². The molecule has 0 fully saturated rings. The van der Waals surface area contributed by atoms with Crippen molar-refractivity contribution < 1.29 is 14.5 Å². The van der Waals surface area contributed by atoms with Gasteiger partial charge >= 0.3 is 5.97 Å². The van der Waals surface area contributed by atoms with Crippen LogP contribution in [-0.2, 0) is 16.0 Å². The van der Waals surface area contributed by atoms with E-state index in [0.29, 0.717) is 6.61 Å². The first-order chi connectivity index (χ1) is 8.09. The predicted molar refractivity (Wildman–Crippen MR) is 62.7 cm³/mol. The molecule has 5 heteroatoms. The van der Waals surface area contributed by atoms with Crippen LogP contribution >= 0.6 is 0 Å². The van der Waals surface area contributed by atoms with Gasteiger partial charge < -0.3 is 4.74 Å². The second-order valence-electron chi connectivity index (χ2n) is 3.72. The van der Waals surface area contributed by atoms with Gasteiger partial charge in [-0.3, -0.25) is 14.9 Å². The van der Waals surface area contributed by atoms with E-state index in [2.05, 4.69) is 0 Å². The summed E-state index contributed by atoms with van der Waals surface area (Å²) in [7, 11) is 0. The van der Waals surface area contributed by atoms with Crippen LogP contribution < -0.4 is 0 Å². The molecule has 0 spiro atoms. The first-order valence-corrected chi connectivity index (χ1v) is 5.46. The number of aryl methyl sites for hydroxylation is 1. The predicted octanol–water partition coefficient (Wildman–Crippen LogP) is 2.48. The van der Waals surface area contributed by atoms with Gasteiger partial charge in [0.25, 0.3) is 5.69 Å². The number of carbonyl (C=O) groups excluding carboxylic acids is 1. The standard InChI is InChI=1S/C12H15NO4/c1-10(14)17-9-3-2-4-11-5-7-12(8-6-11)13(15)16/h5-8H,2-4,9H2,1H3. The zero-order chi connectivity index (χ0) is 12.7. The van der Waals surface area contributed by atoms with Crippen LogP contribution in [0.3, 0.4) is 0 Å². The van der Waals surface area contributed by atoms with E-state index >= 15 is 0 Å². The maximum atomic E-state index is 10.5. The molecule has 92 valence electrons. The molecule has 0 saturated heterocycles. The number of nitrogens with zero attached hydrogens (tertiary/aromatic N) is 1. The number of non-ortho nitro benzene ring substituents is 1. The lowest BCUT2D eigenvalue weighted by Gasteiger charge is -2.02. The zero-order valence-electron chi connectivity index (χ0n) is 9.72. The molecular formula is C12H15NO4. The highest BCUT2D eigenvalue weighted by Gasteiger charge is 2.03. The van der Waals surface area contributed by atoms with Crippen molar-refractivity contribution in [2.45, 2.75) is 26.2 Å². The lowest BCUT2D eigenvalue weighted by Crippen LogP contribution is -2.00. The minimum absolute atomic E-state index is 0.105. The highest BCUT2D eigenvalue weighted by atomic mass is 16.6. The van der Waals surface area contributed by atoms with Gasteiger partial charge in [-0.2, -0.15) is 0 Å². The first-order valence-electron chi connectivity index (χ1n) is 5.46. The van der Waals surface area contributed by atoms with Crippen LogP contribution in [0.1, 0.15) is 25.3 Å². The SMILES string of the molecule is CC(=O)OCCCCc1ccc([N+](=O)[O-])cc1. The molecule has 0 saturated carbocycles. The second-order valence-corrected chi connectivity index (χ2v) is 3.72. The Bertz CT molecular complexity index is 386. The van der Waals surface area contributed by atoms with Crippen molar-refractivity contribution in [1.29, 1.82) is 0 Å². The summed E-state index contributed by atoms with van der Waals surface area (Å²) in [5, 5.41) is 10.4. The molecule has 0 bridgehead atoms. The molecule has 1 aromatic rings. The summed E-state index contributed by atoms with van der Waals surface area (Å²) in [5.74, 6) is -0.264. The van der Waals surface area contributed by atoms with Gasteiger partial charge in [-0.25, -0.2) is 0 Å². The van der Waals surface area contributed by atoms with Gasteiger partial charge in [-0.15, -0.1) is 0 Å². The van der Waals surface area contributed by atoms with Crippen molar-refractivity contribution in [3.63, 3.8) is 0 Å². The Morgan fingerprint density at radius 2 is 1.94 bits per heavy atom. The maximum absolute atomic E-state index is 10.5. The molecule has 0 unspecified atom stereocenters. The van der Waals surface area contributed by atoms with Crippen molar-refractivity contribution >= 4 is 11.7 Å². The van der Waals surface area contributed by atoms with Crippen molar-refractivity contribution in [1.82, 2.24) is 0 Å². The van der Waals surface area contributed by atoms with Gasteiger partial charge in [0, 0.05) is 19.1 Å². The fourth-order valence-electron chi connectivity index (χ4n) is 1.43. The van der Waals surface area contributed by atoms with Crippen LogP contribution in [0, 0.1) is 10.1 Å². The minimum atomic E-state index is -0.412. The average Bonchev–Trinajstić information content (AvgIpc) is 2.29. The second kappa shape index (κ2) is 6.62. The average molecular weight is 237 g/mol. The number of ether oxygens (including phenoxy) is 1. The van der Waals surface area contributed by atoms with E-state index in [4.69, 9.17) is 4.74 Å². The fourth-order valence-corrected chi connectivity index (χ4v) is 1.43. The summed E-state index contributed by atoms with van der Waals surface area (Å²) in [4.78, 5) is 20.5. The first kappa shape index (κ1) is 13.2. The number of unbranched alkanes of at least 4 members (excludes halogenated alkanes) is 1. The Balaban J connectivity index is 2.27. The number of hydrogen-bond donors (Lipinski definition) is 0. The number of benzene rings is 1. The van der Waals surface area contributed by atoms with Gasteiger partial charge in [-0.05, 0) is 24.8 Å². The van der Waals surface area contributed by atoms with Gasteiger partial charge in [0.2, 0.25) is 0 Å². The van der Waals surface area contributed by atoms with Crippen molar-refractivity contribution in [3.8, 4) is 0 Å². The zero-order valence-corrected chi connectivity index (χ0v) is 9.72. The monoisotopic (exact) mass is 237 g/mol. The molecule has 0 aliphatic carbocycles. The number of carbonyl (C=O) groups is 1. The molecule has 0 N–H and O–H groups in total. The lowest BCUT2D eigenvalue weighted by atomic mass is 10.1. The number of esters is 1. The van der Waals surface area contributed by atoms with Crippen molar-refractivity contribution in [3.05, 3.63) is 39.9 Å². The topological polar surface area (TPSA) is 69.4 Å². The molecule has 0 heterocycles. The molecule has 0 atom stereocenters. The summed E-state index contributed by atoms with van der Waals surface area (Å²) in [5.41, 5.74) is 1.16. The van der Waals surface area contributed by atoms with Crippen LogP contribution in [-0.4, -0.2) is 17.5 Å². The Labute approximate surface area is 99.5 Å². The van der Waals surface area contributed by atoms with Crippen LogP contribution in [0.25, 0.3) is 0 Å². The molecule has 17 heavy (non-hydrogen) atoms. The van der Waals surface area contributed by atoms with E-state index in [9.17, 15) is 14.9 Å². The van der Waals surface area contributed by atoms with Gasteiger partial charge in [0.15, 0.2) is 0 Å². The van der Waals surface area contributed by atoms with E-state index in [1.54, 1.807) is 12.1 Å².